The first-order valence-electron chi connectivity index (χ1n) is 10.5. The highest BCUT2D eigenvalue weighted by molar-refractivity contribution is 6.24. The van der Waals surface area contributed by atoms with Crippen LogP contribution < -0.4 is 14.8 Å². The van der Waals surface area contributed by atoms with E-state index in [0.717, 1.165) is 5.56 Å². The van der Waals surface area contributed by atoms with Crippen molar-refractivity contribution in [2.75, 3.05) is 18.5 Å². The molecule has 0 spiro atoms. The van der Waals surface area contributed by atoms with Gasteiger partial charge in [0.1, 0.15) is 11.5 Å². The standard InChI is InChI=1S/C24H23N5O4/c1-3-31-21-13-12-18(15-22(21)32-4-2)25-24(30)20(16-19-11-8-14-33-19)29-23(26-27-28-29)17-9-6-5-7-10-17/h5-16H,3-4H2,1-2H3,(H,25,30)/b20-16+. The van der Waals surface area contributed by atoms with Gasteiger partial charge in [0.2, 0.25) is 0 Å². The lowest BCUT2D eigenvalue weighted by molar-refractivity contribution is -0.111. The summed E-state index contributed by atoms with van der Waals surface area (Å²) >= 11 is 0. The van der Waals surface area contributed by atoms with Crippen LogP contribution in [0.3, 0.4) is 0 Å². The molecule has 9 nitrogen and oxygen atoms in total. The van der Waals surface area contributed by atoms with Gasteiger partial charge in [0.25, 0.3) is 5.91 Å². The predicted octanol–water partition coefficient (Wildman–Crippen LogP) is 4.37. The molecule has 2 aromatic carbocycles. The average Bonchev–Trinajstić information content (AvgIpc) is 3.52. The third-order valence-corrected chi connectivity index (χ3v) is 4.59. The molecule has 4 rings (SSSR count). The second kappa shape index (κ2) is 10.3. The van der Waals surface area contributed by atoms with Crippen LogP contribution >= 0.6 is 0 Å². The normalized spacial score (nSPS) is 11.3. The van der Waals surface area contributed by atoms with E-state index in [4.69, 9.17) is 13.9 Å². The maximum atomic E-state index is 13.4. The molecule has 1 amide bonds. The van der Waals surface area contributed by atoms with E-state index in [-0.39, 0.29) is 5.70 Å². The summed E-state index contributed by atoms with van der Waals surface area (Å²) in [6, 6.07) is 18.1. The van der Waals surface area contributed by atoms with Crippen molar-refractivity contribution in [1.82, 2.24) is 20.2 Å². The van der Waals surface area contributed by atoms with Crippen molar-refractivity contribution in [2.45, 2.75) is 13.8 Å². The van der Waals surface area contributed by atoms with Gasteiger partial charge in [0, 0.05) is 23.4 Å². The minimum absolute atomic E-state index is 0.181. The van der Waals surface area contributed by atoms with Crippen molar-refractivity contribution in [3.63, 3.8) is 0 Å². The van der Waals surface area contributed by atoms with E-state index in [2.05, 4.69) is 20.8 Å². The smallest absolute Gasteiger partial charge is 0.274 e. The largest absolute Gasteiger partial charge is 0.490 e. The van der Waals surface area contributed by atoms with Gasteiger partial charge in [-0.25, -0.2) is 0 Å². The SMILES string of the molecule is CCOc1ccc(NC(=O)/C(=C\c2ccco2)n2nnnc2-c2ccccc2)cc1OCC. The molecule has 0 unspecified atom stereocenters. The number of nitrogens with zero attached hydrogens (tertiary/aromatic N) is 4. The van der Waals surface area contributed by atoms with Gasteiger partial charge in [0.15, 0.2) is 17.3 Å². The number of amides is 1. The monoisotopic (exact) mass is 445 g/mol. The summed E-state index contributed by atoms with van der Waals surface area (Å²) in [6.07, 6.45) is 3.11. The van der Waals surface area contributed by atoms with Gasteiger partial charge >= 0.3 is 0 Å². The number of hydrogen-bond acceptors (Lipinski definition) is 7. The van der Waals surface area contributed by atoms with E-state index in [9.17, 15) is 4.79 Å². The van der Waals surface area contributed by atoms with Crippen molar-refractivity contribution in [2.24, 2.45) is 0 Å². The van der Waals surface area contributed by atoms with E-state index in [0.29, 0.717) is 42.0 Å². The Bertz CT molecular complexity index is 1230. The van der Waals surface area contributed by atoms with Gasteiger partial charge in [-0.05, 0) is 48.5 Å². The summed E-state index contributed by atoms with van der Waals surface area (Å²) in [5.74, 6) is 1.63. The van der Waals surface area contributed by atoms with Crippen LogP contribution in [0.25, 0.3) is 23.2 Å². The van der Waals surface area contributed by atoms with E-state index in [1.165, 1.54) is 10.9 Å². The molecule has 0 saturated heterocycles. The quantitative estimate of drug-likeness (QED) is 0.382. The van der Waals surface area contributed by atoms with E-state index < -0.39 is 5.91 Å². The minimum Gasteiger partial charge on any atom is -0.490 e. The topological polar surface area (TPSA) is 104 Å². The van der Waals surface area contributed by atoms with Crippen LogP contribution in [-0.2, 0) is 4.79 Å². The molecular formula is C24H23N5O4. The number of benzene rings is 2. The number of anilines is 1. The maximum absolute atomic E-state index is 13.4. The fourth-order valence-corrected chi connectivity index (χ4v) is 3.17. The summed E-state index contributed by atoms with van der Waals surface area (Å²) in [5, 5.41) is 14.8. The number of carbonyl (C=O) groups is 1. The van der Waals surface area contributed by atoms with Crippen molar-refractivity contribution in [3.05, 3.63) is 72.7 Å². The van der Waals surface area contributed by atoms with Crippen molar-refractivity contribution < 1.29 is 18.7 Å². The third kappa shape index (κ3) is 5.09. The van der Waals surface area contributed by atoms with Crippen molar-refractivity contribution in [3.8, 4) is 22.9 Å². The summed E-state index contributed by atoms with van der Waals surface area (Å²) in [4.78, 5) is 13.4. The number of furan rings is 1. The first kappa shape index (κ1) is 21.8. The second-order valence-electron chi connectivity index (χ2n) is 6.81. The zero-order valence-corrected chi connectivity index (χ0v) is 18.3. The van der Waals surface area contributed by atoms with Crippen LogP contribution in [0.5, 0.6) is 11.5 Å². The van der Waals surface area contributed by atoms with Gasteiger partial charge < -0.3 is 19.2 Å². The molecule has 2 heterocycles. The Balaban J connectivity index is 1.70. The van der Waals surface area contributed by atoms with Crippen LogP contribution in [0.15, 0.2) is 71.3 Å². The highest BCUT2D eigenvalue weighted by atomic mass is 16.5. The molecule has 0 atom stereocenters. The van der Waals surface area contributed by atoms with Gasteiger partial charge in [-0.2, -0.15) is 4.68 Å². The number of aromatic nitrogens is 4. The molecule has 0 aliphatic heterocycles. The average molecular weight is 445 g/mol. The Morgan fingerprint density at radius 3 is 2.55 bits per heavy atom. The molecule has 4 aromatic rings. The molecule has 0 saturated carbocycles. The van der Waals surface area contributed by atoms with E-state index in [1.54, 1.807) is 36.4 Å². The fourth-order valence-electron chi connectivity index (χ4n) is 3.17. The first-order chi connectivity index (χ1) is 16.2. The molecule has 0 radical (unpaired) electrons. The van der Waals surface area contributed by atoms with Gasteiger partial charge in [-0.15, -0.1) is 5.10 Å². The van der Waals surface area contributed by atoms with Crippen LogP contribution in [-0.4, -0.2) is 39.3 Å². The molecule has 33 heavy (non-hydrogen) atoms. The lowest BCUT2D eigenvalue weighted by Crippen LogP contribution is -2.19. The molecule has 0 aliphatic carbocycles. The first-order valence-corrected chi connectivity index (χ1v) is 10.5. The highest BCUT2D eigenvalue weighted by Gasteiger charge is 2.20. The van der Waals surface area contributed by atoms with Crippen LogP contribution in [0, 0.1) is 0 Å². The molecular weight excluding hydrogens is 422 g/mol. The van der Waals surface area contributed by atoms with Crippen LogP contribution in [0.4, 0.5) is 5.69 Å². The molecule has 0 bridgehead atoms. The maximum Gasteiger partial charge on any atom is 0.274 e. The second-order valence-corrected chi connectivity index (χ2v) is 6.81. The Labute approximate surface area is 190 Å². The number of hydrogen-bond donors (Lipinski definition) is 1. The van der Waals surface area contributed by atoms with Crippen molar-refractivity contribution >= 4 is 23.4 Å². The molecule has 168 valence electrons. The van der Waals surface area contributed by atoms with E-state index >= 15 is 0 Å². The number of tetrazole rings is 1. The van der Waals surface area contributed by atoms with Crippen LogP contribution in [0.1, 0.15) is 19.6 Å². The summed E-state index contributed by atoms with van der Waals surface area (Å²) in [6.45, 7) is 4.75. The summed E-state index contributed by atoms with van der Waals surface area (Å²) in [5.41, 5.74) is 1.48. The Morgan fingerprint density at radius 1 is 1.03 bits per heavy atom. The zero-order valence-electron chi connectivity index (χ0n) is 18.3. The molecule has 9 heteroatoms. The van der Waals surface area contributed by atoms with Crippen molar-refractivity contribution in [1.29, 1.82) is 0 Å². The fraction of sp³-hybridized carbons (Fsp3) is 0.167. The van der Waals surface area contributed by atoms with Gasteiger partial charge in [-0.3, -0.25) is 4.79 Å². The molecule has 0 aliphatic rings. The summed E-state index contributed by atoms with van der Waals surface area (Å²) in [7, 11) is 0. The molecule has 2 aromatic heterocycles. The Hall–Kier alpha value is -4.40. The van der Waals surface area contributed by atoms with Gasteiger partial charge in [0.05, 0.1) is 19.5 Å². The van der Waals surface area contributed by atoms with Crippen LogP contribution in [0.2, 0.25) is 0 Å². The minimum atomic E-state index is -0.428. The zero-order chi connectivity index (χ0) is 23.0. The number of rotatable bonds is 9. The summed E-state index contributed by atoms with van der Waals surface area (Å²) < 4.78 is 18.1. The van der Waals surface area contributed by atoms with E-state index in [1.807, 2.05) is 44.2 Å². The molecule has 1 N–H and O–H groups in total. The molecule has 0 fully saturated rings. The Morgan fingerprint density at radius 2 is 1.82 bits per heavy atom. The third-order valence-electron chi connectivity index (χ3n) is 4.59. The Kier molecular flexibility index (Phi) is 6.79. The predicted molar refractivity (Wildman–Crippen MR) is 124 cm³/mol. The number of carbonyl (C=O) groups excluding carboxylic acids is 1. The highest BCUT2D eigenvalue weighted by Crippen LogP contribution is 2.31. The number of nitrogens with one attached hydrogen (secondary N) is 1. The van der Waals surface area contributed by atoms with Gasteiger partial charge in [-0.1, -0.05) is 30.3 Å². The number of ether oxygens (including phenoxy) is 2. The lowest BCUT2D eigenvalue weighted by atomic mass is 10.2. The lowest BCUT2D eigenvalue weighted by Gasteiger charge is -2.14.